The molecule has 4 nitrogen and oxygen atoms in total. The fraction of sp³-hybridized carbons (Fsp3) is 0.125. The highest BCUT2D eigenvalue weighted by Crippen LogP contribution is 2.07. The van der Waals surface area contributed by atoms with E-state index in [1.165, 1.54) is 0 Å². The predicted molar refractivity (Wildman–Crippen MR) is 55.0 cm³/mol. The zero-order chi connectivity index (χ0) is 9.68. The maximum atomic E-state index is 3.78. The second kappa shape index (κ2) is 4.71. The van der Waals surface area contributed by atoms with Crippen LogP contribution in [-0.4, -0.2) is 20.6 Å². The van der Waals surface area contributed by atoms with Crippen molar-refractivity contribution in [3.63, 3.8) is 0 Å². The van der Waals surface area contributed by atoms with Gasteiger partial charge in [0.1, 0.15) is 0 Å². The lowest BCUT2D eigenvalue weighted by Crippen LogP contribution is -1.81. The fourth-order valence-electron chi connectivity index (χ4n) is 0.669. The predicted octanol–water partition coefficient (Wildman–Crippen LogP) is 2.07. The number of H-pyrrole nitrogens is 1. The molecule has 0 unspecified atom stereocenters. The lowest BCUT2D eigenvalue weighted by Gasteiger charge is -1.87. The van der Waals surface area contributed by atoms with E-state index in [1.807, 2.05) is 25.2 Å². The van der Waals surface area contributed by atoms with Crippen LogP contribution >= 0.6 is 15.9 Å². The van der Waals surface area contributed by atoms with E-state index in [2.05, 4.69) is 43.1 Å². The van der Waals surface area contributed by atoms with E-state index in [1.54, 1.807) is 0 Å². The number of hydrogen-bond acceptors (Lipinski definition) is 3. The summed E-state index contributed by atoms with van der Waals surface area (Å²) in [7, 11) is 0. The number of halogens is 1. The summed E-state index contributed by atoms with van der Waals surface area (Å²) in [6.07, 6.45) is 5.59. The third-order valence-electron chi connectivity index (χ3n) is 1.26. The molecule has 0 atom stereocenters. The Balaban J connectivity index is 2.62. The summed E-state index contributed by atoms with van der Waals surface area (Å²) in [5, 5.41) is 13.4. The molecule has 0 radical (unpaired) electrons. The van der Waals surface area contributed by atoms with Crippen LogP contribution in [0.1, 0.15) is 12.7 Å². The van der Waals surface area contributed by atoms with Crippen LogP contribution in [0.2, 0.25) is 0 Å². The molecule has 68 valence electrons. The lowest BCUT2D eigenvalue weighted by molar-refractivity contribution is 0.881. The summed E-state index contributed by atoms with van der Waals surface area (Å²) in [4.78, 5) is 0. The Hall–Kier alpha value is -1.23. The third-order valence-corrected chi connectivity index (χ3v) is 1.52. The Morgan fingerprint density at radius 2 is 2.38 bits per heavy atom. The number of tetrazole rings is 1. The van der Waals surface area contributed by atoms with E-state index in [0.29, 0.717) is 5.82 Å². The minimum absolute atomic E-state index is 0.511. The van der Waals surface area contributed by atoms with E-state index < -0.39 is 0 Å². The molecule has 0 spiro atoms. The number of aromatic amines is 1. The van der Waals surface area contributed by atoms with Crippen LogP contribution in [0.5, 0.6) is 0 Å². The summed E-state index contributed by atoms with van der Waals surface area (Å²) in [6.45, 7) is 5.72. The number of nitrogens with zero attached hydrogens (tertiary/aromatic N) is 3. The van der Waals surface area contributed by atoms with Gasteiger partial charge in [-0.25, -0.2) is 0 Å². The highest BCUT2D eigenvalue weighted by atomic mass is 79.9. The second-order valence-electron chi connectivity index (χ2n) is 2.37. The van der Waals surface area contributed by atoms with Crippen LogP contribution in [-0.2, 0) is 0 Å². The summed E-state index contributed by atoms with van der Waals surface area (Å²) in [6, 6.07) is 0. The molecule has 1 N–H and O–H groups in total. The number of allylic oxidation sites excluding steroid dienone is 5. The molecule has 1 aromatic heterocycles. The summed E-state index contributed by atoms with van der Waals surface area (Å²) in [5.74, 6) is 0.511. The van der Waals surface area contributed by atoms with Gasteiger partial charge in [-0.1, -0.05) is 40.7 Å². The number of hydrogen-bond donors (Lipinski definition) is 1. The molecule has 0 aliphatic heterocycles. The molecule has 13 heavy (non-hydrogen) atoms. The first kappa shape index (κ1) is 9.85. The smallest absolute Gasteiger partial charge is 0.177 e. The molecule has 1 aromatic rings. The van der Waals surface area contributed by atoms with Gasteiger partial charge in [-0.15, -0.1) is 10.2 Å². The van der Waals surface area contributed by atoms with Crippen molar-refractivity contribution in [3.05, 3.63) is 35.1 Å². The number of rotatable bonds is 3. The van der Waals surface area contributed by atoms with Crippen LogP contribution in [0.25, 0.3) is 5.57 Å². The van der Waals surface area contributed by atoms with E-state index >= 15 is 0 Å². The molecule has 0 saturated carbocycles. The van der Waals surface area contributed by atoms with Gasteiger partial charge in [0, 0.05) is 5.57 Å². The van der Waals surface area contributed by atoms with E-state index in [9.17, 15) is 0 Å². The fourth-order valence-corrected chi connectivity index (χ4v) is 0.822. The van der Waals surface area contributed by atoms with Crippen molar-refractivity contribution in [1.82, 2.24) is 20.6 Å². The van der Waals surface area contributed by atoms with Crippen molar-refractivity contribution >= 4 is 21.5 Å². The molecule has 0 aliphatic carbocycles. The van der Waals surface area contributed by atoms with Crippen LogP contribution in [0.15, 0.2) is 29.3 Å². The number of nitrogens with one attached hydrogen (secondary N) is 1. The molecule has 0 saturated heterocycles. The van der Waals surface area contributed by atoms with Crippen molar-refractivity contribution in [3.8, 4) is 0 Å². The Kier molecular flexibility index (Phi) is 3.57. The van der Waals surface area contributed by atoms with Crippen LogP contribution < -0.4 is 0 Å². The molecule has 1 heterocycles. The van der Waals surface area contributed by atoms with E-state index in [-0.39, 0.29) is 0 Å². The SMILES string of the molecule is C=C(/C=C\C=C(/C)Br)c1nn[nH]n1. The number of aromatic nitrogens is 4. The first-order valence-corrected chi connectivity index (χ1v) is 4.42. The van der Waals surface area contributed by atoms with Crippen molar-refractivity contribution in [1.29, 1.82) is 0 Å². The molecular weight excluding hydrogens is 232 g/mol. The first-order chi connectivity index (χ1) is 6.20. The highest BCUT2D eigenvalue weighted by Gasteiger charge is 1.97. The molecule has 5 heteroatoms. The minimum Gasteiger partial charge on any atom is -0.177 e. The Bertz CT molecular complexity index is 333. The van der Waals surface area contributed by atoms with E-state index in [4.69, 9.17) is 0 Å². The van der Waals surface area contributed by atoms with Crippen molar-refractivity contribution in [2.24, 2.45) is 0 Å². The summed E-state index contributed by atoms with van der Waals surface area (Å²) < 4.78 is 1.05. The van der Waals surface area contributed by atoms with E-state index in [0.717, 1.165) is 10.1 Å². The van der Waals surface area contributed by atoms with Gasteiger partial charge < -0.3 is 0 Å². The zero-order valence-electron chi connectivity index (χ0n) is 7.16. The minimum atomic E-state index is 0.511. The summed E-state index contributed by atoms with van der Waals surface area (Å²) >= 11 is 3.30. The average Bonchev–Trinajstić information content (AvgIpc) is 2.55. The molecule has 0 aliphatic rings. The van der Waals surface area contributed by atoms with Gasteiger partial charge >= 0.3 is 0 Å². The average molecular weight is 241 g/mol. The normalized spacial score (nSPS) is 12.3. The Labute approximate surface area is 84.6 Å². The maximum absolute atomic E-state index is 3.78. The van der Waals surface area contributed by atoms with Gasteiger partial charge in [-0.2, -0.15) is 5.21 Å². The Morgan fingerprint density at radius 1 is 1.62 bits per heavy atom. The standard InChI is InChI=1S/C8H9BrN4/c1-6(4-3-5-7(2)9)8-10-12-13-11-8/h3-5H,1H2,2H3,(H,10,11,12,13)/b4-3-,7-5+. The second-order valence-corrected chi connectivity index (χ2v) is 3.62. The van der Waals surface area contributed by atoms with Crippen LogP contribution in [0.3, 0.4) is 0 Å². The largest absolute Gasteiger partial charge is 0.204 e. The topological polar surface area (TPSA) is 54.5 Å². The molecule has 1 rings (SSSR count). The molecule has 0 bridgehead atoms. The molecular formula is C8H9BrN4. The third kappa shape index (κ3) is 3.33. The van der Waals surface area contributed by atoms with Crippen LogP contribution in [0, 0.1) is 0 Å². The summed E-state index contributed by atoms with van der Waals surface area (Å²) in [5.41, 5.74) is 0.721. The van der Waals surface area contributed by atoms with Crippen molar-refractivity contribution in [2.45, 2.75) is 6.92 Å². The quantitative estimate of drug-likeness (QED) is 0.824. The van der Waals surface area contributed by atoms with Gasteiger partial charge in [0.15, 0.2) is 0 Å². The van der Waals surface area contributed by atoms with Crippen molar-refractivity contribution < 1.29 is 0 Å². The van der Waals surface area contributed by atoms with Crippen LogP contribution in [0.4, 0.5) is 0 Å². The van der Waals surface area contributed by atoms with Crippen molar-refractivity contribution in [2.75, 3.05) is 0 Å². The maximum Gasteiger partial charge on any atom is 0.204 e. The monoisotopic (exact) mass is 240 g/mol. The van der Waals surface area contributed by atoms with Gasteiger partial charge in [-0.3, -0.25) is 0 Å². The molecule has 0 amide bonds. The first-order valence-electron chi connectivity index (χ1n) is 3.63. The van der Waals surface area contributed by atoms with Gasteiger partial charge in [-0.05, 0) is 16.6 Å². The van der Waals surface area contributed by atoms with Gasteiger partial charge in [0.05, 0.1) is 0 Å². The Morgan fingerprint density at radius 3 is 2.92 bits per heavy atom. The van der Waals surface area contributed by atoms with Gasteiger partial charge in [0.2, 0.25) is 5.82 Å². The molecule has 0 aromatic carbocycles. The van der Waals surface area contributed by atoms with Gasteiger partial charge in [0.25, 0.3) is 0 Å². The lowest BCUT2D eigenvalue weighted by atomic mass is 10.2. The highest BCUT2D eigenvalue weighted by molar-refractivity contribution is 9.11. The zero-order valence-corrected chi connectivity index (χ0v) is 8.74. The molecule has 0 fully saturated rings.